The summed E-state index contributed by atoms with van der Waals surface area (Å²) < 4.78 is 11.4. The third kappa shape index (κ3) is 3.39. The Morgan fingerprint density at radius 3 is 2.50 bits per heavy atom. The first kappa shape index (κ1) is 13.2. The maximum absolute atomic E-state index is 6.06. The number of rotatable bonds is 6. The van der Waals surface area contributed by atoms with Crippen molar-refractivity contribution < 1.29 is 9.47 Å². The molecular weight excluding hydrogens is 226 g/mol. The number of nitrogens with two attached hydrogens (primary N) is 1. The third-order valence-corrected chi connectivity index (χ3v) is 3.61. The highest BCUT2D eigenvalue weighted by Gasteiger charge is 2.23. The van der Waals surface area contributed by atoms with Crippen LogP contribution in [0.1, 0.15) is 32.6 Å². The highest BCUT2D eigenvalue weighted by Crippen LogP contribution is 2.29. The molecule has 0 saturated heterocycles. The van der Waals surface area contributed by atoms with Gasteiger partial charge in [-0.05, 0) is 44.2 Å². The van der Waals surface area contributed by atoms with Crippen molar-refractivity contribution in [2.24, 2.45) is 11.7 Å². The molecule has 0 amide bonds. The Kier molecular flexibility index (Phi) is 4.88. The Hall–Kier alpha value is -1.22. The van der Waals surface area contributed by atoms with Crippen LogP contribution in [-0.2, 0) is 0 Å². The van der Waals surface area contributed by atoms with E-state index in [-0.39, 0.29) is 0 Å². The lowest BCUT2D eigenvalue weighted by atomic mass is 10.0. The van der Waals surface area contributed by atoms with Gasteiger partial charge in [-0.3, -0.25) is 0 Å². The molecule has 1 aliphatic rings. The van der Waals surface area contributed by atoms with Gasteiger partial charge in [0, 0.05) is 6.04 Å². The molecule has 2 unspecified atom stereocenters. The van der Waals surface area contributed by atoms with Gasteiger partial charge >= 0.3 is 0 Å². The molecule has 3 nitrogen and oxygen atoms in total. The minimum Gasteiger partial charge on any atom is -0.490 e. The number of hydrogen-bond acceptors (Lipinski definition) is 3. The molecule has 2 N–H and O–H groups in total. The van der Waals surface area contributed by atoms with Gasteiger partial charge in [0.05, 0.1) is 13.2 Å². The summed E-state index contributed by atoms with van der Waals surface area (Å²) in [4.78, 5) is 0. The fourth-order valence-electron chi connectivity index (χ4n) is 2.59. The summed E-state index contributed by atoms with van der Waals surface area (Å²) in [5.74, 6) is 2.30. The van der Waals surface area contributed by atoms with Crippen molar-refractivity contribution in [3.63, 3.8) is 0 Å². The molecule has 1 aromatic rings. The summed E-state index contributed by atoms with van der Waals surface area (Å²) in [5.41, 5.74) is 6.06. The summed E-state index contributed by atoms with van der Waals surface area (Å²) in [6.45, 7) is 3.37. The van der Waals surface area contributed by atoms with Crippen molar-refractivity contribution in [3.8, 4) is 11.5 Å². The number of hydrogen-bond donors (Lipinski definition) is 1. The molecular formula is C15H23NO2. The second kappa shape index (κ2) is 6.64. The van der Waals surface area contributed by atoms with Crippen LogP contribution >= 0.6 is 0 Å². The van der Waals surface area contributed by atoms with E-state index in [0.717, 1.165) is 24.5 Å². The fourth-order valence-corrected chi connectivity index (χ4v) is 2.59. The monoisotopic (exact) mass is 249 g/mol. The van der Waals surface area contributed by atoms with Crippen molar-refractivity contribution in [2.45, 2.75) is 38.6 Å². The van der Waals surface area contributed by atoms with Crippen molar-refractivity contribution >= 4 is 0 Å². The van der Waals surface area contributed by atoms with Crippen LogP contribution in [0.4, 0.5) is 0 Å². The molecule has 2 rings (SSSR count). The Balaban J connectivity index is 1.82. The van der Waals surface area contributed by atoms with Crippen LogP contribution in [0.5, 0.6) is 11.5 Å². The molecule has 100 valence electrons. The summed E-state index contributed by atoms with van der Waals surface area (Å²) in [6, 6.07) is 8.21. The Bertz CT molecular complexity index is 367. The molecule has 1 fully saturated rings. The van der Waals surface area contributed by atoms with Gasteiger partial charge in [-0.2, -0.15) is 0 Å². The zero-order valence-electron chi connectivity index (χ0n) is 11.1. The smallest absolute Gasteiger partial charge is 0.161 e. The van der Waals surface area contributed by atoms with E-state index < -0.39 is 0 Å². The SMILES string of the molecule is CCOc1ccccc1OCCC1CCCC1N. The Morgan fingerprint density at radius 2 is 1.89 bits per heavy atom. The van der Waals surface area contributed by atoms with E-state index in [1.54, 1.807) is 0 Å². The number of benzene rings is 1. The van der Waals surface area contributed by atoms with Gasteiger partial charge in [-0.15, -0.1) is 0 Å². The molecule has 1 saturated carbocycles. The van der Waals surface area contributed by atoms with Gasteiger partial charge in [0.2, 0.25) is 0 Å². The van der Waals surface area contributed by atoms with E-state index in [1.807, 2.05) is 31.2 Å². The second-order valence-electron chi connectivity index (χ2n) is 4.87. The van der Waals surface area contributed by atoms with Gasteiger partial charge < -0.3 is 15.2 Å². The summed E-state index contributed by atoms with van der Waals surface area (Å²) >= 11 is 0. The number of para-hydroxylation sites is 2. The average molecular weight is 249 g/mol. The molecule has 3 heteroatoms. The highest BCUT2D eigenvalue weighted by atomic mass is 16.5. The van der Waals surface area contributed by atoms with Crippen molar-refractivity contribution in [3.05, 3.63) is 24.3 Å². The largest absolute Gasteiger partial charge is 0.490 e. The van der Waals surface area contributed by atoms with E-state index in [1.165, 1.54) is 19.3 Å². The summed E-state index contributed by atoms with van der Waals surface area (Å²) in [7, 11) is 0. The maximum atomic E-state index is 6.06. The predicted molar refractivity (Wildman–Crippen MR) is 73.0 cm³/mol. The van der Waals surface area contributed by atoms with E-state index in [0.29, 0.717) is 18.6 Å². The van der Waals surface area contributed by atoms with Crippen LogP contribution in [0.2, 0.25) is 0 Å². The maximum Gasteiger partial charge on any atom is 0.161 e. The molecule has 2 atom stereocenters. The molecule has 18 heavy (non-hydrogen) atoms. The van der Waals surface area contributed by atoms with Crippen LogP contribution in [0.25, 0.3) is 0 Å². The lowest BCUT2D eigenvalue weighted by Gasteiger charge is -2.16. The van der Waals surface area contributed by atoms with Gasteiger partial charge in [-0.25, -0.2) is 0 Å². The van der Waals surface area contributed by atoms with Crippen LogP contribution in [-0.4, -0.2) is 19.3 Å². The second-order valence-corrected chi connectivity index (χ2v) is 4.87. The van der Waals surface area contributed by atoms with Gasteiger partial charge in [0.1, 0.15) is 0 Å². The standard InChI is InChI=1S/C15H23NO2/c1-2-17-14-8-3-4-9-15(14)18-11-10-12-6-5-7-13(12)16/h3-4,8-9,12-13H,2,5-7,10-11,16H2,1H3. The molecule has 0 spiro atoms. The average Bonchev–Trinajstić information content (AvgIpc) is 2.78. The van der Waals surface area contributed by atoms with E-state index in [9.17, 15) is 0 Å². The normalized spacial score (nSPS) is 23.0. The van der Waals surface area contributed by atoms with E-state index in [4.69, 9.17) is 15.2 Å². The molecule has 1 aromatic carbocycles. The van der Waals surface area contributed by atoms with E-state index >= 15 is 0 Å². The molecule has 0 bridgehead atoms. The fraction of sp³-hybridized carbons (Fsp3) is 0.600. The van der Waals surface area contributed by atoms with Gasteiger partial charge in [0.15, 0.2) is 11.5 Å². The van der Waals surface area contributed by atoms with Crippen LogP contribution in [0.3, 0.4) is 0 Å². The molecule has 1 aliphatic carbocycles. The topological polar surface area (TPSA) is 44.5 Å². The lowest BCUT2D eigenvalue weighted by molar-refractivity contribution is 0.250. The minimum absolute atomic E-state index is 0.371. The predicted octanol–water partition coefficient (Wildman–Crippen LogP) is 2.98. The Morgan fingerprint density at radius 1 is 1.17 bits per heavy atom. The minimum atomic E-state index is 0.371. The van der Waals surface area contributed by atoms with Gasteiger partial charge in [0.25, 0.3) is 0 Å². The highest BCUT2D eigenvalue weighted by molar-refractivity contribution is 5.39. The molecule has 0 aliphatic heterocycles. The summed E-state index contributed by atoms with van der Waals surface area (Å²) in [5, 5.41) is 0. The van der Waals surface area contributed by atoms with Crippen LogP contribution < -0.4 is 15.2 Å². The number of ether oxygens (including phenoxy) is 2. The third-order valence-electron chi connectivity index (χ3n) is 3.61. The quantitative estimate of drug-likeness (QED) is 0.843. The lowest BCUT2D eigenvalue weighted by Crippen LogP contribution is -2.25. The van der Waals surface area contributed by atoms with Crippen LogP contribution in [0, 0.1) is 5.92 Å². The van der Waals surface area contributed by atoms with E-state index in [2.05, 4.69) is 0 Å². The van der Waals surface area contributed by atoms with Crippen molar-refractivity contribution in [1.29, 1.82) is 0 Å². The van der Waals surface area contributed by atoms with Crippen molar-refractivity contribution in [1.82, 2.24) is 0 Å². The zero-order valence-corrected chi connectivity index (χ0v) is 11.1. The first-order valence-electron chi connectivity index (χ1n) is 6.91. The zero-order chi connectivity index (χ0) is 12.8. The van der Waals surface area contributed by atoms with Crippen molar-refractivity contribution in [2.75, 3.05) is 13.2 Å². The Labute approximate surface area is 109 Å². The molecule has 0 radical (unpaired) electrons. The molecule has 0 heterocycles. The van der Waals surface area contributed by atoms with Crippen LogP contribution in [0.15, 0.2) is 24.3 Å². The summed E-state index contributed by atoms with van der Waals surface area (Å²) in [6.07, 6.45) is 4.72. The molecule has 0 aromatic heterocycles. The van der Waals surface area contributed by atoms with Gasteiger partial charge in [-0.1, -0.05) is 18.6 Å². The first-order valence-corrected chi connectivity index (χ1v) is 6.91. The first-order chi connectivity index (χ1) is 8.81.